The molecule has 0 radical (unpaired) electrons. The van der Waals surface area contributed by atoms with Crippen LogP contribution in [-0.2, 0) is 9.53 Å². The molecule has 4 aliphatic rings. The number of fused-ring (bicyclic) bond motifs is 5. The fraction of sp³-hybridized carbons (Fsp3) is 0.960. The van der Waals surface area contributed by atoms with Gasteiger partial charge in [-0.3, -0.25) is 4.79 Å². The first-order valence-electron chi connectivity index (χ1n) is 12.1. The van der Waals surface area contributed by atoms with Crippen molar-refractivity contribution in [2.45, 2.75) is 97.2 Å². The van der Waals surface area contributed by atoms with Gasteiger partial charge in [-0.1, -0.05) is 20.8 Å². The highest BCUT2D eigenvalue weighted by molar-refractivity contribution is 5.69. The third kappa shape index (κ3) is 3.46. The van der Waals surface area contributed by atoms with E-state index in [1.807, 2.05) is 0 Å². The first-order valence-corrected chi connectivity index (χ1v) is 12.1. The summed E-state index contributed by atoms with van der Waals surface area (Å²) in [6.45, 7) is 7.29. The summed E-state index contributed by atoms with van der Waals surface area (Å²) in [5, 5.41) is 21.5. The van der Waals surface area contributed by atoms with E-state index in [-0.39, 0.29) is 23.6 Å². The number of hydrogen-bond donors (Lipinski definition) is 2. The maximum atomic E-state index is 11.6. The van der Waals surface area contributed by atoms with Crippen LogP contribution in [0.3, 0.4) is 0 Å². The lowest BCUT2D eigenvalue weighted by Crippen LogP contribution is -2.58. The summed E-state index contributed by atoms with van der Waals surface area (Å²) < 4.78 is 4.86. The number of rotatable bonds is 4. The molecule has 0 heterocycles. The van der Waals surface area contributed by atoms with Crippen molar-refractivity contribution in [1.29, 1.82) is 0 Å². The van der Waals surface area contributed by atoms with E-state index >= 15 is 0 Å². The fourth-order valence-electron chi connectivity index (χ4n) is 8.82. The molecule has 0 saturated heterocycles. The fourth-order valence-corrected chi connectivity index (χ4v) is 8.82. The Kier molecular flexibility index (Phi) is 5.83. The minimum Gasteiger partial charge on any atom is -0.469 e. The summed E-state index contributed by atoms with van der Waals surface area (Å²) in [5.41, 5.74) is 0.577. The first kappa shape index (κ1) is 21.6. The molecule has 166 valence electrons. The van der Waals surface area contributed by atoms with Gasteiger partial charge in [-0.25, -0.2) is 0 Å². The molecule has 4 fully saturated rings. The molecule has 0 aromatic carbocycles. The van der Waals surface area contributed by atoms with Gasteiger partial charge in [-0.2, -0.15) is 0 Å². The Bertz CT molecular complexity index is 620. The zero-order chi connectivity index (χ0) is 21.0. The Hall–Kier alpha value is -0.610. The number of carbonyl (C=O) groups is 1. The normalized spacial score (nSPS) is 50.2. The summed E-state index contributed by atoms with van der Waals surface area (Å²) in [4.78, 5) is 11.6. The average Bonchev–Trinajstić information content (AvgIpc) is 3.04. The number of esters is 1. The number of aliphatic hydroxyl groups is 2. The van der Waals surface area contributed by atoms with Crippen LogP contribution in [0, 0.1) is 46.3 Å². The predicted molar refractivity (Wildman–Crippen MR) is 113 cm³/mol. The largest absolute Gasteiger partial charge is 0.469 e. The van der Waals surface area contributed by atoms with Crippen LogP contribution in [0.25, 0.3) is 0 Å². The molecule has 4 saturated carbocycles. The van der Waals surface area contributed by atoms with Crippen LogP contribution in [0.2, 0.25) is 0 Å². The van der Waals surface area contributed by atoms with E-state index in [1.165, 1.54) is 32.8 Å². The first-order chi connectivity index (χ1) is 13.7. The van der Waals surface area contributed by atoms with Gasteiger partial charge in [0.2, 0.25) is 0 Å². The van der Waals surface area contributed by atoms with E-state index in [9.17, 15) is 15.0 Å². The van der Waals surface area contributed by atoms with Crippen LogP contribution in [0.1, 0.15) is 85.0 Å². The maximum Gasteiger partial charge on any atom is 0.305 e. The molecule has 0 aromatic heterocycles. The van der Waals surface area contributed by atoms with Gasteiger partial charge in [0, 0.05) is 6.42 Å². The molecule has 29 heavy (non-hydrogen) atoms. The highest BCUT2D eigenvalue weighted by Gasteiger charge is 2.62. The SMILES string of the molecule is COC(=O)CC[C@@H](C)[C@@H]1CC[C@@H]2[C@H]3[C@H](O)C[C@H]4C[C@@H](O)CC[C@]4(C)[C@@H]3CC[C@@]21C. The van der Waals surface area contributed by atoms with Gasteiger partial charge in [0.15, 0.2) is 0 Å². The van der Waals surface area contributed by atoms with E-state index < -0.39 is 0 Å². The molecule has 0 aromatic rings. The van der Waals surface area contributed by atoms with E-state index in [1.54, 1.807) is 0 Å². The van der Waals surface area contributed by atoms with Crippen molar-refractivity contribution in [1.82, 2.24) is 0 Å². The summed E-state index contributed by atoms with van der Waals surface area (Å²) in [6.07, 6.45) is 9.80. The Morgan fingerprint density at radius 3 is 2.45 bits per heavy atom. The van der Waals surface area contributed by atoms with E-state index in [0.29, 0.717) is 47.3 Å². The summed E-state index contributed by atoms with van der Waals surface area (Å²) in [6, 6.07) is 0. The van der Waals surface area contributed by atoms with E-state index in [4.69, 9.17) is 4.74 Å². The van der Waals surface area contributed by atoms with Crippen molar-refractivity contribution in [3.63, 3.8) is 0 Å². The third-order valence-corrected chi connectivity index (χ3v) is 10.4. The number of ether oxygens (including phenoxy) is 1. The van der Waals surface area contributed by atoms with Crippen LogP contribution in [0.5, 0.6) is 0 Å². The third-order valence-electron chi connectivity index (χ3n) is 10.4. The number of methoxy groups -OCH3 is 1. The Labute approximate surface area is 176 Å². The number of aliphatic hydroxyl groups excluding tert-OH is 2. The van der Waals surface area contributed by atoms with E-state index in [0.717, 1.165) is 32.1 Å². The number of hydrogen-bond acceptors (Lipinski definition) is 4. The van der Waals surface area contributed by atoms with Gasteiger partial charge in [0.1, 0.15) is 0 Å². The van der Waals surface area contributed by atoms with Crippen molar-refractivity contribution in [3.8, 4) is 0 Å². The van der Waals surface area contributed by atoms with Gasteiger partial charge < -0.3 is 14.9 Å². The zero-order valence-electron chi connectivity index (χ0n) is 18.9. The molecule has 4 rings (SSSR count). The second kappa shape index (κ2) is 7.82. The standard InChI is InChI=1S/C25H42O4/c1-15(5-8-22(28)29-4)18-6-7-19-23-20(10-12-25(18,19)3)24(2)11-9-17(26)13-16(24)14-21(23)27/h15-21,23,26-27H,5-14H2,1-4H3/t15-,16-,17+,18+,19-,20-,21-,23-,24+,25-/m1/s1. The molecular formula is C25H42O4. The average molecular weight is 407 g/mol. The molecule has 0 unspecified atom stereocenters. The quantitative estimate of drug-likeness (QED) is 0.671. The van der Waals surface area contributed by atoms with Crippen molar-refractivity contribution in [3.05, 3.63) is 0 Å². The minimum atomic E-state index is -0.211. The molecule has 0 bridgehead atoms. The molecule has 4 aliphatic carbocycles. The maximum absolute atomic E-state index is 11.6. The Balaban J connectivity index is 1.53. The Morgan fingerprint density at radius 2 is 1.72 bits per heavy atom. The monoisotopic (exact) mass is 406 g/mol. The lowest BCUT2D eigenvalue weighted by Gasteiger charge is -2.62. The van der Waals surface area contributed by atoms with Gasteiger partial charge >= 0.3 is 5.97 Å². The second-order valence-corrected chi connectivity index (χ2v) is 11.5. The van der Waals surface area contributed by atoms with Crippen LogP contribution >= 0.6 is 0 Å². The molecule has 2 N–H and O–H groups in total. The Morgan fingerprint density at radius 1 is 1.03 bits per heavy atom. The van der Waals surface area contributed by atoms with Crippen LogP contribution in [-0.4, -0.2) is 35.5 Å². The number of carbonyl (C=O) groups excluding carboxylic acids is 1. The minimum absolute atomic E-state index is 0.0959. The van der Waals surface area contributed by atoms with Gasteiger partial charge in [-0.15, -0.1) is 0 Å². The van der Waals surface area contributed by atoms with Crippen LogP contribution < -0.4 is 0 Å². The summed E-state index contributed by atoms with van der Waals surface area (Å²) >= 11 is 0. The van der Waals surface area contributed by atoms with E-state index in [2.05, 4.69) is 20.8 Å². The van der Waals surface area contributed by atoms with Crippen LogP contribution in [0.4, 0.5) is 0 Å². The van der Waals surface area contributed by atoms with Gasteiger partial charge in [0.25, 0.3) is 0 Å². The van der Waals surface area contributed by atoms with Gasteiger partial charge in [-0.05, 0) is 104 Å². The summed E-state index contributed by atoms with van der Waals surface area (Å²) in [5.74, 6) is 3.17. The van der Waals surface area contributed by atoms with Crippen molar-refractivity contribution in [2.24, 2.45) is 46.3 Å². The topological polar surface area (TPSA) is 66.8 Å². The second-order valence-electron chi connectivity index (χ2n) is 11.5. The lowest BCUT2D eigenvalue weighted by molar-refractivity contribution is -0.174. The van der Waals surface area contributed by atoms with Crippen molar-refractivity contribution < 1.29 is 19.7 Å². The molecule has 4 heteroatoms. The molecule has 4 nitrogen and oxygen atoms in total. The van der Waals surface area contributed by atoms with Crippen molar-refractivity contribution >= 4 is 5.97 Å². The highest BCUT2D eigenvalue weighted by Crippen LogP contribution is 2.68. The molecule has 10 atom stereocenters. The highest BCUT2D eigenvalue weighted by atomic mass is 16.5. The molecule has 0 amide bonds. The molecule has 0 aliphatic heterocycles. The van der Waals surface area contributed by atoms with Crippen LogP contribution in [0.15, 0.2) is 0 Å². The molecular weight excluding hydrogens is 364 g/mol. The smallest absolute Gasteiger partial charge is 0.305 e. The predicted octanol–water partition coefficient (Wildman–Crippen LogP) is 4.57. The van der Waals surface area contributed by atoms with Gasteiger partial charge in [0.05, 0.1) is 19.3 Å². The van der Waals surface area contributed by atoms with Crippen molar-refractivity contribution in [2.75, 3.05) is 7.11 Å². The summed E-state index contributed by atoms with van der Waals surface area (Å²) in [7, 11) is 1.48. The zero-order valence-corrected chi connectivity index (χ0v) is 18.9. The molecule has 0 spiro atoms. The lowest BCUT2D eigenvalue weighted by atomic mass is 9.43.